The Hall–Kier alpha value is -1.28. The number of benzene rings is 1. The van der Waals surface area contributed by atoms with Gasteiger partial charge in [0.1, 0.15) is 5.75 Å². The molecule has 3 heteroatoms. The van der Waals surface area contributed by atoms with Crippen molar-refractivity contribution in [3.63, 3.8) is 0 Å². The van der Waals surface area contributed by atoms with Crippen molar-refractivity contribution in [1.82, 2.24) is 0 Å². The number of ketones is 1. The summed E-state index contributed by atoms with van der Waals surface area (Å²) in [5, 5.41) is 0.526. The highest BCUT2D eigenvalue weighted by molar-refractivity contribution is 6.31. The van der Waals surface area contributed by atoms with Gasteiger partial charge >= 0.3 is 0 Å². The summed E-state index contributed by atoms with van der Waals surface area (Å²) in [5.74, 6) is 0.421. The number of carbonyl (C=O) groups is 1. The van der Waals surface area contributed by atoms with Crippen LogP contribution in [0, 0.1) is 6.92 Å². The van der Waals surface area contributed by atoms with Gasteiger partial charge in [0.2, 0.25) is 0 Å². The second-order valence-corrected chi connectivity index (χ2v) is 3.85. The standard InChI is InChI=1S/C12H13ClO2/c1-7(2)11(14)10-6-9(13)5-8(3)12(10)15-4/h5-6H,1H2,2-4H3. The van der Waals surface area contributed by atoms with E-state index in [4.69, 9.17) is 16.3 Å². The third-order valence-electron chi connectivity index (χ3n) is 2.08. The highest BCUT2D eigenvalue weighted by Gasteiger charge is 2.15. The second-order valence-electron chi connectivity index (χ2n) is 3.41. The molecule has 0 N–H and O–H groups in total. The van der Waals surface area contributed by atoms with Crippen LogP contribution in [0.3, 0.4) is 0 Å². The maximum absolute atomic E-state index is 11.8. The number of halogens is 1. The van der Waals surface area contributed by atoms with Crippen molar-refractivity contribution in [3.8, 4) is 5.75 Å². The summed E-state index contributed by atoms with van der Waals surface area (Å²) in [4.78, 5) is 11.8. The van der Waals surface area contributed by atoms with Gasteiger partial charge in [-0.2, -0.15) is 0 Å². The van der Waals surface area contributed by atoms with Crippen LogP contribution < -0.4 is 4.74 Å². The molecule has 0 saturated carbocycles. The Labute approximate surface area is 94.5 Å². The predicted octanol–water partition coefficient (Wildman–Crippen LogP) is 3.42. The van der Waals surface area contributed by atoms with Crippen molar-refractivity contribution >= 4 is 17.4 Å². The van der Waals surface area contributed by atoms with E-state index >= 15 is 0 Å². The number of hydrogen-bond acceptors (Lipinski definition) is 2. The van der Waals surface area contributed by atoms with Crippen molar-refractivity contribution in [1.29, 1.82) is 0 Å². The molecule has 0 bridgehead atoms. The van der Waals surface area contributed by atoms with Gasteiger partial charge in [-0.25, -0.2) is 0 Å². The lowest BCUT2D eigenvalue weighted by atomic mass is 10.0. The molecule has 0 amide bonds. The molecule has 0 aromatic heterocycles. The van der Waals surface area contributed by atoms with E-state index in [0.29, 0.717) is 21.9 Å². The van der Waals surface area contributed by atoms with Crippen molar-refractivity contribution < 1.29 is 9.53 Å². The van der Waals surface area contributed by atoms with Crippen molar-refractivity contribution in [2.24, 2.45) is 0 Å². The Morgan fingerprint density at radius 3 is 2.53 bits per heavy atom. The van der Waals surface area contributed by atoms with Crippen LogP contribution in [0.4, 0.5) is 0 Å². The zero-order valence-corrected chi connectivity index (χ0v) is 9.81. The number of allylic oxidation sites excluding steroid dienone is 1. The summed E-state index contributed by atoms with van der Waals surface area (Å²) in [6.45, 7) is 7.13. The molecule has 0 radical (unpaired) electrons. The quantitative estimate of drug-likeness (QED) is 0.581. The van der Waals surface area contributed by atoms with Crippen LogP contribution in [0.25, 0.3) is 0 Å². The van der Waals surface area contributed by atoms with Gasteiger partial charge in [-0.15, -0.1) is 0 Å². The van der Waals surface area contributed by atoms with Crippen molar-refractivity contribution in [2.75, 3.05) is 7.11 Å². The zero-order chi connectivity index (χ0) is 11.6. The summed E-state index contributed by atoms with van der Waals surface area (Å²) in [6.07, 6.45) is 0. The molecule has 80 valence electrons. The van der Waals surface area contributed by atoms with E-state index in [1.165, 1.54) is 7.11 Å². The number of carbonyl (C=O) groups excluding carboxylic acids is 1. The molecule has 0 aliphatic rings. The molecule has 15 heavy (non-hydrogen) atoms. The number of methoxy groups -OCH3 is 1. The minimum absolute atomic E-state index is 0.141. The van der Waals surface area contributed by atoms with Gasteiger partial charge in [-0.3, -0.25) is 4.79 Å². The lowest BCUT2D eigenvalue weighted by molar-refractivity contribution is 0.103. The van der Waals surface area contributed by atoms with Gasteiger partial charge in [0.25, 0.3) is 0 Å². The summed E-state index contributed by atoms with van der Waals surface area (Å²) in [7, 11) is 1.53. The van der Waals surface area contributed by atoms with Crippen LogP contribution >= 0.6 is 11.6 Å². The van der Waals surface area contributed by atoms with Crippen LogP contribution in [-0.2, 0) is 0 Å². The molecule has 1 rings (SSSR count). The maximum Gasteiger partial charge on any atom is 0.191 e. The number of ether oxygens (including phenoxy) is 1. The molecule has 1 aromatic carbocycles. The van der Waals surface area contributed by atoms with Crippen LogP contribution in [-0.4, -0.2) is 12.9 Å². The molecule has 0 atom stereocenters. The fourth-order valence-corrected chi connectivity index (χ4v) is 1.67. The number of aryl methyl sites for hydroxylation is 1. The first-order chi connectivity index (χ1) is 6.97. The molecular weight excluding hydrogens is 212 g/mol. The fourth-order valence-electron chi connectivity index (χ4n) is 1.40. The molecule has 0 aliphatic heterocycles. The van der Waals surface area contributed by atoms with E-state index in [2.05, 4.69) is 6.58 Å². The average molecular weight is 225 g/mol. The number of rotatable bonds is 3. The lowest BCUT2D eigenvalue weighted by Crippen LogP contribution is -2.04. The monoisotopic (exact) mass is 224 g/mol. The van der Waals surface area contributed by atoms with Gasteiger partial charge in [0.05, 0.1) is 12.7 Å². The molecule has 2 nitrogen and oxygen atoms in total. The summed E-state index contributed by atoms with van der Waals surface area (Å²) in [5.41, 5.74) is 1.78. The molecule has 0 spiro atoms. The molecule has 0 heterocycles. The molecule has 0 aliphatic carbocycles. The predicted molar refractivity (Wildman–Crippen MR) is 61.9 cm³/mol. The molecule has 0 fully saturated rings. The van der Waals surface area contributed by atoms with Gasteiger partial charge in [-0.1, -0.05) is 18.2 Å². The largest absolute Gasteiger partial charge is 0.496 e. The molecule has 0 unspecified atom stereocenters. The Balaban J connectivity index is 3.38. The highest BCUT2D eigenvalue weighted by atomic mass is 35.5. The van der Waals surface area contributed by atoms with E-state index < -0.39 is 0 Å². The van der Waals surface area contributed by atoms with Gasteiger partial charge in [-0.05, 0) is 37.1 Å². The summed E-state index contributed by atoms with van der Waals surface area (Å²) in [6, 6.07) is 3.36. The molecule has 1 aromatic rings. The van der Waals surface area contributed by atoms with Crippen molar-refractivity contribution in [3.05, 3.63) is 40.4 Å². The first-order valence-electron chi connectivity index (χ1n) is 4.51. The van der Waals surface area contributed by atoms with Crippen molar-refractivity contribution in [2.45, 2.75) is 13.8 Å². The number of Topliss-reactive ketones (excluding diaryl/α,β-unsaturated/α-hetero) is 1. The minimum atomic E-state index is -0.141. The molecule has 0 saturated heterocycles. The SMILES string of the molecule is C=C(C)C(=O)c1cc(Cl)cc(C)c1OC. The van der Waals surface area contributed by atoms with E-state index in [9.17, 15) is 4.79 Å². The Kier molecular flexibility index (Phi) is 3.53. The Morgan fingerprint density at radius 2 is 2.07 bits per heavy atom. The van der Waals surface area contributed by atoms with Crippen LogP contribution in [0.15, 0.2) is 24.3 Å². The third kappa shape index (κ3) is 2.39. The van der Waals surface area contributed by atoms with E-state index in [1.807, 2.05) is 6.92 Å². The van der Waals surface area contributed by atoms with Crippen LogP contribution in [0.5, 0.6) is 5.75 Å². The first-order valence-corrected chi connectivity index (χ1v) is 4.89. The van der Waals surface area contributed by atoms with Gasteiger partial charge < -0.3 is 4.74 Å². The minimum Gasteiger partial charge on any atom is -0.496 e. The third-order valence-corrected chi connectivity index (χ3v) is 2.29. The van der Waals surface area contributed by atoms with Gasteiger partial charge in [0.15, 0.2) is 5.78 Å². The average Bonchev–Trinajstić information content (AvgIpc) is 2.15. The van der Waals surface area contributed by atoms with Crippen LogP contribution in [0.2, 0.25) is 5.02 Å². The zero-order valence-electron chi connectivity index (χ0n) is 9.06. The summed E-state index contributed by atoms with van der Waals surface area (Å²) < 4.78 is 5.18. The van der Waals surface area contributed by atoms with E-state index in [0.717, 1.165) is 5.56 Å². The van der Waals surface area contributed by atoms with E-state index in [1.54, 1.807) is 19.1 Å². The van der Waals surface area contributed by atoms with Crippen LogP contribution in [0.1, 0.15) is 22.8 Å². The first kappa shape index (κ1) is 11.8. The topological polar surface area (TPSA) is 26.3 Å². The summed E-state index contributed by atoms with van der Waals surface area (Å²) >= 11 is 5.89. The van der Waals surface area contributed by atoms with E-state index in [-0.39, 0.29) is 5.78 Å². The Morgan fingerprint density at radius 1 is 1.47 bits per heavy atom. The molecular formula is C12H13ClO2. The smallest absolute Gasteiger partial charge is 0.191 e. The maximum atomic E-state index is 11.8. The lowest BCUT2D eigenvalue weighted by Gasteiger charge is -2.11. The number of hydrogen-bond donors (Lipinski definition) is 0. The fraction of sp³-hybridized carbons (Fsp3) is 0.250. The van der Waals surface area contributed by atoms with Gasteiger partial charge in [0, 0.05) is 5.02 Å². The Bertz CT molecular complexity index is 422. The second kappa shape index (κ2) is 4.49. The highest BCUT2D eigenvalue weighted by Crippen LogP contribution is 2.29. The normalized spacial score (nSPS) is 9.87.